The molecule has 0 saturated carbocycles. The number of likely N-dealkylation sites (tertiary alicyclic amines) is 1. The number of piperidine rings is 1. The molecule has 0 radical (unpaired) electrons. The Bertz CT molecular complexity index is 159. The van der Waals surface area contributed by atoms with E-state index in [1.165, 1.54) is 25.3 Å². The molecule has 0 amide bonds. The largest absolute Gasteiger partial charge is 0.515 e. The highest BCUT2D eigenvalue weighted by atomic mass is 16.2. The smallest absolute Gasteiger partial charge is 0.123 e. The average molecular weight is 154 g/mol. The lowest BCUT2D eigenvalue weighted by atomic mass is 10.1. The van der Waals surface area contributed by atoms with Crippen molar-refractivity contribution in [3.05, 3.63) is 12.3 Å². The number of hydrogen-bond donors (Lipinski definition) is 2. The van der Waals surface area contributed by atoms with E-state index in [1.807, 2.05) is 4.90 Å². The van der Waals surface area contributed by atoms with Gasteiger partial charge >= 0.3 is 0 Å². The van der Waals surface area contributed by atoms with Gasteiger partial charge in [0.15, 0.2) is 0 Å². The normalized spacial score (nSPS) is 19.1. The van der Waals surface area contributed by atoms with Crippen molar-refractivity contribution in [3.63, 3.8) is 0 Å². The van der Waals surface area contributed by atoms with Gasteiger partial charge in [-0.3, -0.25) is 5.41 Å². The van der Waals surface area contributed by atoms with Crippen LogP contribution in [-0.4, -0.2) is 28.9 Å². The summed E-state index contributed by atoms with van der Waals surface area (Å²) >= 11 is 0. The standard InChI is InChI=1S/C8H14N2O/c9-8(4-7-11)10-5-2-1-3-6-10/h4,7,9,11H,1-3,5-6H2. The van der Waals surface area contributed by atoms with Gasteiger partial charge in [-0.1, -0.05) is 0 Å². The van der Waals surface area contributed by atoms with Gasteiger partial charge in [0.1, 0.15) is 5.84 Å². The Labute approximate surface area is 66.8 Å². The van der Waals surface area contributed by atoms with E-state index in [9.17, 15) is 0 Å². The van der Waals surface area contributed by atoms with E-state index in [0.29, 0.717) is 5.84 Å². The molecule has 2 N–H and O–H groups in total. The summed E-state index contributed by atoms with van der Waals surface area (Å²) in [4.78, 5) is 1.98. The summed E-state index contributed by atoms with van der Waals surface area (Å²) in [7, 11) is 0. The summed E-state index contributed by atoms with van der Waals surface area (Å²) in [5.74, 6) is 0.423. The number of nitrogens with one attached hydrogen (secondary N) is 1. The van der Waals surface area contributed by atoms with Crippen LogP contribution in [0.3, 0.4) is 0 Å². The molecule has 0 aromatic heterocycles. The highest BCUT2D eigenvalue weighted by molar-refractivity contribution is 5.89. The van der Waals surface area contributed by atoms with E-state index in [4.69, 9.17) is 10.5 Å². The Morgan fingerprint density at radius 1 is 1.27 bits per heavy atom. The maximum absolute atomic E-state index is 8.42. The molecular formula is C8H14N2O. The summed E-state index contributed by atoms with van der Waals surface area (Å²) < 4.78 is 0. The second kappa shape index (κ2) is 4.01. The van der Waals surface area contributed by atoms with Crippen LogP contribution in [-0.2, 0) is 0 Å². The zero-order valence-electron chi connectivity index (χ0n) is 6.58. The minimum atomic E-state index is 0.423. The lowest BCUT2D eigenvalue weighted by molar-refractivity contribution is 0.341. The van der Waals surface area contributed by atoms with Crippen molar-refractivity contribution in [2.45, 2.75) is 19.3 Å². The van der Waals surface area contributed by atoms with E-state index < -0.39 is 0 Å². The third kappa shape index (κ3) is 2.26. The van der Waals surface area contributed by atoms with E-state index in [2.05, 4.69) is 0 Å². The van der Waals surface area contributed by atoms with E-state index in [-0.39, 0.29) is 0 Å². The van der Waals surface area contributed by atoms with Crippen LogP contribution in [0.2, 0.25) is 0 Å². The number of rotatable bonds is 1. The molecule has 62 valence electrons. The van der Waals surface area contributed by atoms with Gasteiger partial charge in [0, 0.05) is 19.2 Å². The van der Waals surface area contributed by atoms with Gasteiger partial charge in [-0.2, -0.15) is 0 Å². The summed E-state index contributed by atoms with van der Waals surface area (Å²) in [6.45, 7) is 1.92. The fraction of sp³-hybridized carbons (Fsp3) is 0.625. The van der Waals surface area contributed by atoms with Crippen molar-refractivity contribution >= 4 is 5.84 Å². The van der Waals surface area contributed by atoms with Crippen LogP contribution in [0.5, 0.6) is 0 Å². The van der Waals surface area contributed by atoms with Crippen molar-refractivity contribution in [2.75, 3.05) is 13.1 Å². The van der Waals surface area contributed by atoms with Gasteiger partial charge in [-0.15, -0.1) is 0 Å². The lowest BCUT2D eigenvalue weighted by Crippen LogP contribution is -2.33. The summed E-state index contributed by atoms with van der Waals surface area (Å²) in [5, 5.41) is 15.9. The van der Waals surface area contributed by atoms with Gasteiger partial charge in [-0.05, 0) is 19.3 Å². The highest BCUT2D eigenvalue weighted by Crippen LogP contribution is 2.08. The molecule has 1 heterocycles. The van der Waals surface area contributed by atoms with Crippen LogP contribution >= 0.6 is 0 Å². The summed E-state index contributed by atoms with van der Waals surface area (Å²) in [6.07, 6.45) is 5.96. The number of amidine groups is 1. The predicted octanol–water partition coefficient (Wildman–Crippen LogP) is 1.52. The Morgan fingerprint density at radius 3 is 2.45 bits per heavy atom. The number of aliphatic hydroxyl groups is 1. The van der Waals surface area contributed by atoms with Gasteiger partial charge in [0.05, 0.1) is 6.26 Å². The highest BCUT2D eigenvalue weighted by Gasteiger charge is 2.10. The zero-order chi connectivity index (χ0) is 8.10. The monoisotopic (exact) mass is 154 g/mol. The summed E-state index contributed by atoms with van der Waals surface area (Å²) in [5.41, 5.74) is 0. The van der Waals surface area contributed by atoms with Crippen LogP contribution in [0, 0.1) is 5.41 Å². The van der Waals surface area contributed by atoms with Gasteiger partial charge in [0.25, 0.3) is 0 Å². The fourth-order valence-electron chi connectivity index (χ4n) is 1.31. The minimum absolute atomic E-state index is 0.423. The van der Waals surface area contributed by atoms with E-state index >= 15 is 0 Å². The molecule has 1 aliphatic rings. The van der Waals surface area contributed by atoms with E-state index in [0.717, 1.165) is 19.4 Å². The second-order valence-electron chi connectivity index (χ2n) is 2.75. The first-order valence-corrected chi connectivity index (χ1v) is 3.99. The Morgan fingerprint density at radius 2 is 1.91 bits per heavy atom. The quantitative estimate of drug-likeness (QED) is 0.342. The average Bonchev–Trinajstić information content (AvgIpc) is 2.07. The maximum Gasteiger partial charge on any atom is 0.123 e. The molecule has 0 unspecified atom stereocenters. The third-order valence-corrected chi connectivity index (χ3v) is 1.93. The maximum atomic E-state index is 8.42. The van der Waals surface area contributed by atoms with Crippen molar-refractivity contribution in [1.82, 2.24) is 4.90 Å². The molecule has 3 nitrogen and oxygen atoms in total. The van der Waals surface area contributed by atoms with Crippen molar-refractivity contribution in [2.24, 2.45) is 0 Å². The molecule has 1 aliphatic heterocycles. The number of hydrogen-bond acceptors (Lipinski definition) is 2. The second-order valence-corrected chi connectivity index (χ2v) is 2.75. The van der Waals surface area contributed by atoms with Crippen LogP contribution in [0.15, 0.2) is 12.3 Å². The first-order valence-electron chi connectivity index (χ1n) is 3.99. The lowest BCUT2D eigenvalue weighted by Gasteiger charge is -2.27. The Balaban J connectivity index is 2.38. The van der Waals surface area contributed by atoms with Crippen LogP contribution < -0.4 is 0 Å². The fourth-order valence-corrected chi connectivity index (χ4v) is 1.31. The zero-order valence-corrected chi connectivity index (χ0v) is 6.58. The molecular weight excluding hydrogens is 140 g/mol. The van der Waals surface area contributed by atoms with Crippen LogP contribution in [0.4, 0.5) is 0 Å². The first-order chi connectivity index (χ1) is 5.34. The van der Waals surface area contributed by atoms with Gasteiger partial charge in [-0.25, -0.2) is 0 Å². The first kappa shape index (κ1) is 8.11. The van der Waals surface area contributed by atoms with Gasteiger partial charge < -0.3 is 10.0 Å². The Hall–Kier alpha value is -0.990. The topological polar surface area (TPSA) is 47.3 Å². The van der Waals surface area contributed by atoms with Gasteiger partial charge in [0.2, 0.25) is 0 Å². The molecule has 1 saturated heterocycles. The molecule has 3 heteroatoms. The number of aliphatic hydroxyl groups excluding tert-OH is 1. The molecule has 11 heavy (non-hydrogen) atoms. The van der Waals surface area contributed by atoms with E-state index in [1.54, 1.807) is 0 Å². The summed E-state index contributed by atoms with van der Waals surface area (Å²) in [6, 6.07) is 0. The van der Waals surface area contributed by atoms with Crippen LogP contribution in [0.1, 0.15) is 19.3 Å². The molecule has 0 aromatic carbocycles. The number of nitrogens with zero attached hydrogens (tertiary/aromatic N) is 1. The van der Waals surface area contributed by atoms with Crippen molar-refractivity contribution in [1.29, 1.82) is 5.41 Å². The van der Waals surface area contributed by atoms with Crippen LogP contribution in [0.25, 0.3) is 0 Å². The molecule has 0 aliphatic carbocycles. The molecule has 0 atom stereocenters. The van der Waals surface area contributed by atoms with Crippen molar-refractivity contribution < 1.29 is 5.11 Å². The Kier molecular flexibility index (Phi) is 2.95. The van der Waals surface area contributed by atoms with Crippen molar-refractivity contribution in [3.8, 4) is 0 Å². The predicted molar refractivity (Wildman–Crippen MR) is 44.9 cm³/mol. The minimum Gasteiger partial charge on any atom is -0.515 e. The molecule has 0 bridgehead atoms. The molecule has 0 spiro atoms. The SMILES string of the molecule is N=C(C=CO)N1CCCCC1. The molecule has 0 aromatic rings. The molecule has 1 fully saturated rings. The molecule has 1 rings (SSSR count). The third-order valence-electron chi connectivity index (χ3n) is 1.93.